The van der Waals surface area contributed by atoms with Crippen LogP contribution < -0.4 is 5.32 Å². The molecule has 0 unspecified atom stereocenters. The molecule has 6 nitrogen and oxygen atoms in total. The van der Waals surface area contributed by atoms with Crippen molar-refractivity contribution < 1.29 is 14.7 Å². The van der Waals surface area contributed by atoms with Crippen molar-refractivity contribution >= 4 is 11.9 Å². The maximum absolute atomic E-state index is 11.7. The minimum Gasteiger partial charge on any atom is -0.481 e. The number of carbonyl (C=O) groups excluding carboxylic acids is 1. The van der Waals surface area contributed by atoms with Crippen LogP contribution in [-0.2, 0) is 16.0 Å². The van der Waals surface area contributed by atoms with Gasteiger partial charge in [-0.15, -0.1) is 0 Å². The molecule has 2 rings (SSSR count). The molecule has 6 heteroatoms. The third-order valence-corrected chi connectivity index (χ3v) is 3.51. The van der Waals surface area contributed by atoms with Crippen molar-refractivity contribution in [2.75, 3.05) is 6.54 Å². The van der Waals surface area contributed by atoms with Crippen molar-refractivity contribution in [2.45, 2.75) is 32.1 Å². The SMILES string of the molecule is O=C(O)CC1(CNC(=O)Cc2ccn[nH]2)CCC1. The lowest BCUT2D eigenvalue weighted by atomic mass is 9.66. The summed E-state index contributed by atoms with van der Waals surface area (Å²) in [5, 5.41) is 18.2. The molecule has 0 radical (unpaired) electrons. The molecule has 0 aromatic carbocycles. The van der Waals surface area contributed by atoms with Gasteiger partial charge in [0.1, 0.15) is 0 Å². The second-order valence-electron chi connectivity index (χ2n) is 4.96. The second kappa shape index (κ2) is 5.20. The van der Waals surface area contributed by atoms with Gasteiger partial charge in [-0.25, -0.2) is 0 Å². The minimum atomic E-state index is -0.794. The van der Waals surface area contributed by atoms with Gasteiger partial charge >= 0.3 is 5.97 Å². The van der Waals surface area contributed by atoms with Crippen LogP contribution in [0.15, 0.2) is 12.3 Å². The van der Waals surface area contributed by atoms with E-state index in [2.05, 4.69) is 15.5 Å². The van der Waals surface area contributed by atoms with Crippen molar-refractivity contribution in [3.63, 3.8) is 0 Å². The quantitative estimate of drug-likeness (QED) is 0.694. The van der Waals surface area contributed by atoms with Gasteiger partial charge in [0.05, 0.1) is 12.8 Å². The number of carboxylic acids is 1. The molecule has 0 atom stereocenters. The average Bonchev–Trinajstić information content (AvgIpc) is 2.74. The standard InChI is InChI=1S/C12H17N3O3/c16-10(6-9-2-5-14-15-9)13-8-12(3-1-4-12)7-11(17)18/h2,5H,1,3-4,6-8H2,(H,13,16)(H,14,15)(H,17,18). The normalized spacial score (nSPS) is 16.9. The summed E-state index contributed by atoms with van der Waals surface area (Å²) in [4.78, 5) is 22.5. The lowest BCUT2D eigenvalue weighted by Gasteiger charge is -2.40. The fraction of sp³-hybridized carbons (Fsp3) is 0.583. The summed E-state index contributed by atoms with van der Waals surface area (Å²) in [7, 11) is 0. The molecular formula is C12H17N3O3. The van der Waals surface area contributed by atoms with Crippen LogP contribution in [0.4, 0.5) is 0 Å². The molecule has 18 heavy (non-hydrogen) atoms. The molecule has 1 heterocycles. The molecule has 1 aromatic heterocycles. The number of aromatic amines is 1. The van der Waals surface area contributed by atoms with Crippen LogP contribution in [0, 0.1) is 5.41 Å². The van der Waals surface area contributed by atoms with Crippen LogP contribution in [0.1, 0.15) is 31.4 Å². The Morgan fingerprint density at radius 2 is 2.28 bits per heavy atom. The zero-order valence-corrected chi connectivity index (χ0v) is 10.1. The van der Waals surface area contributed by atoms with E-state index in [1.165, 1.54) is 0 Å². The lowest BCUT2D eigenvalue weighted by Crippen LogP contribution is -2.43. The third kappa shape index (κ3) is 3.09. The van der Waals surface area contributed by atoms with Gasteiger partial charge in [-0.3, -0.25) is 14.7 Å². The van der Waals surface area contributed by atoms with E-state index in [1.54, 1.807) is 12.3 Å². The van der Waals surface area contributed by atoms with Crippen molar-refractivity contribution in [1.29, 1.82) is 0 Å². The van der Waals surface area contributed by atoms with E-state index < -0.39 is 5.97 Å². The second-order valence-corrected chi connectivity index (χ2v) is 4.96. The molecule has 1 amide bonds. The fourth-order valence-electron chi connectivity index (χ4n) is 2.32. The summed E-state index contributed by atoms with van der Waals surface area (Å²) >= 11 is 0. The number of aromatic nitrogens is 2. The third-order valence-electron chi connectivity index (χ3n) is 3.51. The van der Waals surface area contributed by atoms with E-state index in [4.69, 9.17) is 5.11 Å². The number of aliphatic carboxylic acids is 1. The molecule has 0 saturated heterocycles. The number of hydrogen-bond acceptors (Lipinski definition) is 3. The summed E-state index contributed by atoms with van der Waals surface area (Å²) in [5.74, 6) is -0.895. The van der Waals surface area contributed by atoms with Crippen LogP contribution in [0.2, 0.25) is 0 Å². The predicted octanol–water partition coefficient (Wildman–Crippen LogP) is 0.713. The lowest BCUT2D eigenvalue weighted by molar-refractivity contribution is -0.141. The van der Waals surface area contributed by atoms with Gasteiger partial charge in [-0.2, -0.15) is 5.10 Å². The van der Waals surface area contributed by atoms with Gasteiger partial charge in [0.15, 0.2) is 0 Å². The van der Waals surface area contributed by atoms with Crippen LogP contribution in [0.3, 0.4) is 0 Å². The molecule has 0 bridgehead atoms. The van der Waals surface area contributed by atoms with Gasteiger partial charge in [0, 0.05) is 18.4 Å². The molecule has 1 saturated carbocycles. The Hall–Kier alpha value is -1.85. The van der Waals surface area contributed by atoms with Gasteiger partial charge in [0.2, 0.25) is 5.91 Å². The van der Waals surface area contributed by atoms with Crippen LogP contribution in [-0.4, -0.2) is 33.7 Å². The monoisotopic (exact) mass is 251 g/mol. The van der Waals surface area contributed by atoms with Crippen molar-refractivity contribution in [2.24, 2.45) is 5.41 Å². The topological polar surface area (TPSA) is 95.1 Å². The van der Waals surface area contributed by atoms with Gasteiger partial charge < -0.3 is 10.4 Å². The molecular weight excluding hydrogens is 234 g/mol. The summed E-state index contributed by atoms with van der Waals surface area (Å²) in [6, 6.07) is 1.75. The van der Waals surface area contributed by atoms with Gasteiger partial charge in [-0.1, -0.05) is 6.42 Å². The fourth-order valence-corrected chi connectivity index (χ4v) is 2.32. The minimum absolute atomic E-state index is 0.101. The Kier molecular flexibility index (Phi) is 3.64. The first kappa shape index (κ1) is 12.6. The molecule has 0 aliphatic heterocycles. The summed E-state index contributed by atoms with van der Waals surface area (Å²) in [5.41, 5.74) is 0.531. The number of amides is 1. The van der Waals surface area contributed by atoms with E-state index in [9.17, 15) is 9.59 Å². The number of nitrogens with one attached hydrogen (secondary N) is 2. The van der Waals surface area contributed by atoms with Gasteiger partial charge in [-0.05, 0) is 24.3 Å². The first-order chi connectivity index (χ1) is 8.60. The molecule has 1 aromatic rings. The van der Waals surface area contributed by atoms with Crippen molar-refractivity contribution in [3.05, 3.63) is 18.0 Å². The number of rotatable bonds is 6. The number of nitrogens with zero attached hydrogens (tertiary/aromatic N) is 1. The average molecular weight is 251 g/mol. The van der Waals surface area contributed by atoms with E-state index in [0.29, 0.717) is 6.54 Å². The Morgan fingerprint density at radius 1 is 1.50 bits per heavy atom. The summed E-state index contributed by atoms with van der Waals surface area (Å²) < 4.78 is 0. The maximum atomic E-state index is 11.7. The first-order valence-electron chi connectivity index (χ1n) is 6.06. The molecule has 1 aliphatic rings. The zero-order chi connectivity index (χ0) is 13.0. The Balaban J connectivity index is 1.79. The van der Waals surface area contributed by atoms with E-state index in [-0.39, 0.29) is 24.2 Å². The highest BCUT2D eigenvalue weighted by Crippen LogP contribution is 2.43. The predicted molar refractivity (Wildman–Crippen MR) is 63.8 cm³/mol. The summed E-state index contributed by atoms with van der Waals surface area (Å²) in [6.07, 6.45) is 4.79. The molecule has 0 spiro atoms. The van der Waals surface area contributed by atoms with E-state index in [1.807, 2.05) is 0 Å². The number of carbonyl (C=O) groups is 2. The van der Waals surface area contributed by atoms with Crippen molar-refractivity contribution in [3.8, 4) is 0 Å². The van der Waals surface area contributed by atoms with Gasteiger partial charge in [0.25, 0.3) is 0 Å². The number of hydrogen-bond donors (Lipinski definition) is 3. The van der Waals surface area contributed by atoms with Crippen LogP contribution >= 0.6 is 0 Å². The summed E-state index contributed by atoms with van der Waals surface area (Å²) in [6.45, 7) is 0.451. The Morgan fingerprint density at radius 3 is 2.78 bits per heavy atom. The number of carboxylic acid groups (broad SMARTS) is 1. The van der Waals surface area contributed by atoms with E-state index in [0.717, 1.165) is 25.0 Å². The smallest absolute Gasteiger partial charge is 0.303 e. The van der Waals surface area contributed by atoms with E-state index >= 15 is 0 Å². The zero-order valence-electron chi connectivity index (χ0n) is 10.1. The highest BCUT2D eigenvalue weighted by Gasteiger charge is 2.39. The highest BCUT2D eigenvalue weighted by atomic mass is 16.4. The van der Waals surface area contributed by atoms with Crippen LogP contribution in [0.25, 0.3) is 0 Å². The molecule has 1 fully saturated rings. The maximum Gasteiger partial charge on any atom is 0.303 e. The molecule has 1 aliphatic carbocycles. The van der Waals surface area contributed by atoms with Crippen LogP contribution in [0.5, 0.6) is 0 Å². The first-order valence-corrected chi connectivity index (χ1v) is 6.06. The Bertz CT molecular complexity index is 424. The largest absolute Gasteiger partial charge is 0.481 e. The number of H-pyrrole nitrogens is 1. The molecule has 3 N–H and O–H groups in total. The van der Waals surface area contributed by atoms with Crippen molar-refractivity contribution in [1.82, 2.24) is 15.5 Å². The highest BCUT2D eigenvalue weighted by molar-refractivity contribution is 5.78. The molecule has 98 valence electrons. The Labute approximate surface area is 105 Å².